The Balaban J connectivity index is 1.94. The number of likely N-dealkylation sites (tertiary alicyclic amines) is 1. The van der Waals surface area contributed by atoms with E-state index in [9.17, 15) is 53.1 Å². The van der Waals surface area contributed by atoms with Crippen LogP contribution in [0.4, 0.5) is 39.9 Å². The van der Waals surface area contributed by atoms with E-state index in [0.717, 1.165) is 24.3 Å². The van der Waals surface area contributed by atoms with Gasteiger partial charge in [-0.1, -0.05) is 31.5 Å². The molecule has 0 N–H and O–H groups in total. The van der Waals surface area contributed by atoms with Crippen LogP contribution in [0.25, 0.3) is 0 Å². The second-order valence-corrected chi connectivity index (χ2v) is 12.0. The molecule has 1 aliphatic heterocycles. The molecule has 0 aromatic heterocycles. The Morgan fingerprint density at radius 2 is 1.63 bits per heavy atom. The highest BCUT2D eigenvalue weighted by atomic mass is 32.2. The van der Waals surface area contributed by atoms with Crippen LogP contribution in [0.15, 0.2) is 47.4 Å². The Hall–Kier alpha value is -3.23. The number of carbonyl (C=O) groups excluding carboxylic acids is 2. The van der Waals surface area contributed by atoms with Gasteiger partial charge in [0.15, 0.2) is 9.84 Å². The number of rotatable bonds is 6. The molecule has 1 fully saturated rings. The van der Waals surface area contributed by atoms with E-state index in [4.69, 9.17) is 4.74 Å². The van der Waals surface area contributed by atoms with E-state index in [1.165, 1.54) is 0 Å². The normalized spacial score (nSPS) is 21.4. The fourth-order valence-corrected chi connectivity index (χ4v) is 7.80. The zero-order valence-corrected chi connectivity index (χ0v) is 22.1. The molecule has 224 valence electrons. The van der Waals surface area contributed by atoms with Gasteiger partial charge in [0.2, 0.25) is 5.91 Å². The standard InChI is InChI=1S/C26H23F8NO5S/c1-2-3-12-40-22(37)35-20-11-4-15-13-16(24(28,25(29,30)31)26(32,33)34)5-10-19(15)23(20,14-21(35)36)41(38,39)18-8-6-17(27)7-9-18/h5-10,13,20H,2-4,11-12,14H2,1H3. The van der Waals surface area contributed by atoms with Crippen molar-refractivity contribution >= 4 is 21.8 Å². The number of alkyl halides is 7. The number of amides is 2. The number of imide groups is 1. The fourth-order valence-electron chi connectivity index (χ4n) is 5.50. The minimum atomic E-state index is -6.41. The number of hydrogen-bond acceptors (Lipinski definition) is 5. The third-order valence-electron chi connectivity index (χ3n) is 7.48. The van der Waals surface area contributed by atoms with Crippen molar-refractivity contribution < 1.29 is 57.9 Å². The molecular formula is C26H23F8NO5S. The number of carbonyl (C=O) groups is 2. The predicted molar refractivity (Wildman–Crippen MR) is 126 cm³/mol. The molecule has 15 heteroatoms. The molecule has 0 radical (unpaired) electrons. The zero-order valence-electron chi connectivity index (χ0n) is 21.3. The number of ether oxygens (including phenoxy) is 1. The van der Waals surface area contributed by atoms with E-state index >= 15 is 0 Å². The first-order chi connectivity index (χ1) is 18.9. The molecule has 0 bridgehead atoms. The SMILES string of the molecule is CCCCOC(=O)N1C(=O)CC2(S(=O)(=O)c3ccc(F)cc3)c3ccc(C(F)(C(F)(F)F)C(F)(F)F)cc3CCC12. The minimum absolute atomic E-state index is 0.100. The van der Waals surface area contributed by atoms with Gasteiger partial charge in [-0.3, -0.25) is 4.79 Å². The lowest BCUT2D eigenvalue weighted by molar-refractivity contribution is -0.348. The van der Waals surface area contributed by atoms with Gasteiger partial charge in [0, 0.05) is 5.56 Å². The molecule has 2 amide bonds. The second kappa shape index (κ2) is 10.2. The van der Waals surface area contributed by atoms with Crippen molar-refractivity contribution in [2.24, 2.45) is 0 Å². The Morgan fingerprint density at radius 1 is 1.02 bits per heavy atom. The summed E-state index contributed by atoms with van der Waals surface area (Å²) < 4.78 is 140. The van der Waals surface area contributed by atoms with Crippen LogP contribution in [0.3, 0.4) is 0 Å². The Labute approximate surface area is 229 Å². The van der Waals surface area contributed by atoms with Crippen LogP contribution < -0.4 is 0 Å². The number of sulfone groups is 1. The van der Waals surface area contributed by atoms with Crippen molar-refractivity contribution in [1.29, 1.82) is 0 Å². The van der Waals surface area contributed by atoms with Crippen LogP contribution in [0.5, 0.6) is 0 Å². The highest BCUT2D eigenvalue weighted by Crippen LogP contribution is 2.57. The first-order valence-electron chi connectivity index (χ1n) is 12.4. The van der Waals surface area contributed by atoms with E-state index in [-0.39, 0.29) is 23.8 Å². The van der Waals surface area contributed by atoms with Crippen LogP contribution >= 0.6 is 0 Å². The van der Waals surface area contributed by atoms with Crippen molar-refractivity contribution in [3.63, 3.8) is 0 Å². The summed E-state index contributed by atoms with van der Waals surface area (Å²) in [6.45, 7) is 1.70. The molecule has 2 aliphatic rings. The van der Waals surface area contributed by atoms with Crippen molar-refractivity contribution in [3.8, 4) is 0 Å². The van der Waals surface area contributed by atoms with E-state index in [1.54, 1.807) is 6.92 Å². The van der Waals surface area contributed by atoms with Crippen LogP contribution in [-0.2, 0) is 36.2 Å². The summed E-state index contributed by atoms with van der Waals surface area (Å²) in [6.07, 6.45) is -14.7. The van der Waals surface area contributed by atoms with Gasteiger partial charge >= 0.3 is 24.1 Å². The maximum absolute atomic E-state index is 14.9. The van der Waals surface area contributed by atoms with Gasteiger partial charge in [0.1, 0.15) is 10.6 Å². The van der Waals surface area contributed by atoms with Gasteiger partial charge in [-0.25, -0.2) is 26.9 Å². The summed E-state index contributed by atoms with van der Waals surface area (Å²) in [5.41, 5.74) is -8.33. The molecular weight excluding hydrogens is 590 g/mol. The molecule has 41 heavy (non-hydrogen) atoms. The van der Waals surface area contributed by atoms with Crippen molar-refractivity contribution in [1.82, 2.24) is 4.90 Å². The molecule has 1 heterocycles. The Kier molecular flexibility index (Phi) is 7.68. The quantitative estimate of drug-likeness (QED) is 0.218. The predicted octanol–water partition coefficient (Wildman–Crippen LogP) is 6.27. The number of halogens is 8. The van der Waals surface area contributed by atoms with Crippen molar-refractivity contribution in [3.05, 3.63) is 65.0 Å². The summed E-state index contributed by atoms with van der Waals surface area (Å²) in [5, 5.41) is 0. The average molecular weight is 614 g/mol. The van der Waals surface area contributed by atoms with Crippen molar-refractivity contribution in [2.45, 2.75) is 72.7 Å². The lowest BCUT2D eigenvalue weighted by Gasteiger charge is -2.41. The van der Waals surface area contributed by atoms with Gasteiger partial charge < -0.3 is 4.74 Å². The number of fused-ring (bicyclic) bond motifs is 3. The van der Waals surface area contributed by atoms with Gasteiger partial charge in [-0.2, -0.15) is 26.3 Å². The highest BCUT2D eigenvalue weighted by Gasteiger charge is 2.74. The fraction of sp³-hybridized carbons (Fsp3) is 0.462. The first kappa shape index (κ1) is 30.7. The highest BCUT2D eigenvalue weighted by molar-refractivity contribution is 7.92. The molecule has 0 saturated carbocycles. The number of aryl methyl sites for hydroxylation is 1. The molecule has 6 nitrogen and oxygen atoms in total. The summed E-state index contributed by atoms with van der Waals surface area (Å²) in [7, 11) is -4.80. The van der Waals surface area contributed by atoms with Gasteiger partial charge in [0.25, 0.3) is 0 Å². The number of hydrogen-bond donors (Lipinski definition) is 0. The topological polar surface area (TPSA) is 80.8 Å². The second-order valence-electron chi connectivity index (χ2n) is 9.84. The molecule has 2 aromatic carbocycles. The van der Waals surface area contributed by atoms with Crippen molar-refractivity contribution in [2.75, 3.05) is 6.61 Å². The maximum Gasteiger partial charge on any atom is 0.435 e. The van der Waals surface area contributed by atoms with Crippen LogP contribution in [0, 0.1) is 5.82 Å². The van der Waals surface area contributed by atoms with Gasteiger partial charge in [0.05, 0.1) is 24.0 Å². The molecule has 2 unspecified atom stereocenters. The van der Waals surface area contributed by atoms with Gasteiger partial charge in [-0.05, 0) is 54.7 Å². The third-order valence-corrected chi connectivity index (χ3v) is 9.97. The lowest BCUT2D eigenvalue weighted by atomic mass is 9.77. The van der Waals surface area contributed by atoms with E-state index in [1.807, 2.05) is 0 Å². The van der Waals surface area contributed by atoms with Crippen LogP contribution in [-0.4, -0.2) is 50.3 Å². The third kappa shape index (κ3) is 4.65. The summed E-state index contributed by atoms with van der Waals surface area (Å²) >= 11 is 0. The smallest absolute Gasteiger partial charge is 0.435 e. The molecule has 2 aromatic rings. The van der Waals surface area contributed by atoms with Crippen LogP contribution in [0.1, 0.15) is 49.3 Å². The van der Waals surface area contributed by atoms with E-state index in [2.05, 4.69) is 0 Å². The summed E-state index contributed by atoms with van der Waals surface area (Å²) in [5.74, 6) is -1.82. The molecule has 4 rings (SSSR count). The molecule has 1 aliphatic carbocycles. The minimum Gasteiger partial charge on any atom is -0.449 e. The molecule has 0 spiro atoms. The molecule has 2 atom stereocenters. The number of nitrogens with zero attached hydrogens (tertiary/aromatic N) is 1. The first-order valence-corrected chi connectivity index (χ1v) is 13.9. The summed E-state index contributed by atoms with van der Waals surface area (Å²) in [4.78, 5) is 26.2. The largest absolute Gasteiger partial charge is 0.449 e. The van der Waals surface area contributed by atoms with E-state index in [0.29, 0.717) is 29.9 Å². The van der Waals surface area contributed by atoms with Crippen LogP contribution in [0.2, 0.25) is 0 Å². The maximum atomic E-state index is 14.9. The van der Waals surface area contributed by atoms with Gasteiger partial charge in [-0.15, -0.1) is 0 Å². The van der Waals surface area contributed by atoms with E-state index < -0.39 is 86.2 Å². The zero-order chi connectivity index (χ0) is 30.6. The number of unbranched alkanes of at least 4 members (excludes halogenated alkanes) is 1. The Morgan fingerprint density at radius 3 is 2.20 bits per heavy atom. The summed E-state index contributed by atoms with van der Waals surface area (Å²) in [6, 6.07) is 2.99. The average Bonchev–Trinajstić information content (AvgIpc) is 3.20. The monoisotopic (exact) mass is 613 g/mol. The number of benzene rings is 2. The Bertz CT molecular complexity index is 1440. The lowest BCUT2D eigenvalue weighted by Crippen LogP contribution is -2.53. The molecule has 1 saturated heterocycles.